The maximum Gasteiger partial charge on any atom is 0.275 e. The Morgan fingerprint density at radius 3 is 2.60 bits per heavy atom. The van der Waals surface area contributed by atoms with E-state index in [0.717, 1.165) is 0 Å². The first-order valence-electron chi connectivity index (χ1n) is 5.59. The molecule has 1 aromatic heterocycles. The van der Waals surface area contributed by atoms with Crippen LogP contribution >= 0.6 is 0 Å². The summed E-state index contributed by atoms with van der Waals surface area (Å²) in [5.41, 5.74) is 1.07. The Morgan fingerprint density at radius 1 is 1.30 bits per heavy atom. The third kappa shape index (κ3) is 3.16. The molecule has 1 amide bonds. The van der Waals surface area contributed by atoms with Crippen molar-refractivity contribution in [2.45, 2.75) is 11.8 Å². The van der Waals surface area contributed by atoms with Gasteiger partial charge in [-0.3, -0.25) is 9.78 Å². The van der Waals surface area contributed by atoms with Crippen LogP contribution in [0.4, 0.5) is 5.69 Å². The summed E-state index contributed by atoms with van der Waals surface area (Å²) in [7, 11) is -3.77. The highest BCUT2D eigenvalue weighted by Crippen LogP contribution is 2.18. The van der Waals surface area contributed by atoms with Gasteiger partial charge in [0.1, 0.15) is 5.69 Å². The van der Waals surface area contributed by atoms with E-state index in [9.17, 15) is 13.2 Å². The van der Waals surface area contributed by atoms with Gasteiger partial charge < -0.3 is 5.32 Å². The summed E-state index contributed by atoms with van der Waals surface area (Å²) in [6.45, 7) is 1.59. The normalized spacial score (nSPS) is 11.1. The Morgan fingerprint density at radius 2 is 2.05 bits per heavy atom. The number of anilines is 1. The lowest BCUT2D eigenvalue weighted by Gasteiger charge is -2.08. The van der Waals surface area contributed by atoms with Crippen molar-refractivity contribution in [1.29, 1.82) is 0 Å². The summed E-state index contributed by atoms with van der Waals surface area (Å²) in [5.74, 6) is -0.430. The molecule has 104 valence electrons. The molecule has 20 heavy (non-hydrogen) atoms. The highest BCUT2D eigenvalue weighted by molar-refractivity contribution is 7.89. The van der Waals surface area contributed by atoms with Gasteiger partial charge in [-0.15, -0.1) is 0 Å². The van der Waals surface area contributed by atoms with Crippen molar-refractivity contribution in [2.75, 3.05) is 5.32 Å². The molecule has 3 N–H and O–H groups in total. The first-order chi connectivity index (χ1) is 9.38. The number of primary sulfonamides is 1. The van der Waals surface area contributed by atoms with Crippen molar-refractivity contribution in [3.8, 4) is 0 Å². The molecule has 0 radical (unpaired) electrons. The quantitative estimate of drug-likeness (QED) is 0.863. The van der Waals surface area contributed by atoms with Gasteiger partial charge in [0.05, 0.1) is 11.1 Å². The van der Waals surface area contributed by atoms with E-state index in [2.05, 4.69) is 15.3 Å². The number of sulfonamides is 1. The zero-order chi connectivity index (χ0) is 14.8. The van der Waals surface area contributed by atoms with E-state index in [1.807, 2.05) is 0 Å². The minimum atomic E-state index is -3.77. The number of nitrogens with two attached hydrogens (primary N) is 1. The van der Waals surface area contributed by atoms with Crippen LogP contribution in [-0.4, -0.2) is 24.3 Å². The maximum atomic E-state index is 11.9. The Balaban J connectivity index is 2.24. The first kappa shape index (κ1) is 14.1. The molecule has 2 rings (SSSR count). The van der Waals surface area contributed by atoms with Gasteiger partial charge in [0.25, 0.3) is 5.91 Å². The molecule has 0 fully saturated rings. The standard InChI is InChI=1S/C12H12N4O3S/c1-8-6-9(2-3-11(8)20(13,18)19)16-12(17)10-7-14-4-5-15-10/h2-7H,1H3,(H,16,17)(H2,13,18,19). The van der Waals surface area contributed by atoms with Crippen LogP contribution in [0.1, 0.15) is 16.1 Å². The topological polar surface area (TPSA) is 115 Å². The molecular formula is C12H12N4O3S. The van der Waals surface area contributed by atoms with Crippen LogP contribution in [0.25, 0.3) is 0 Å². The number of benzene rings is 1. The lowest BCUT2D eigenvalue weighted by Crippen LogP contribution is -2.16. The molecule has 0 bridgehead atoms. The molecule has 0 aliphatic heterocycles. The molecule has 0 saturated carbocycles. The molecule has 0 saturated heterocycles. The van der Waals surface area contributed by atoms with Crippen molar-refractivity contribution in [3.63, 3.8) is 0 Å². The molecule has 7 nitrogen and oxygen atoms in total. The second-order valence-electron chi connectivity index (χ2n) is 4.07. The van der Waals surface area contributed by atoms with Crippen LogP contribution in [0.2, 0.25) is 0 Å². The molecule has 0 spiro atoms. The summed E-state index contributed by atoms with van der Waals surface area (Å²) in [6.07, 6.45) is 4.20. The minimum Gasteiger partial charge on any atom is -0.321 e. The van der Waals surface area contributed by atoms with Gasteiger partial charge in [-0.05, 0) is 30.7 Å². The highest BCUT2D eigenvalue weighted by Gasteiger charge is 2.13. The Kier molecular flexibility index (Phi) is 3.77. The van der Waals surface area contributed by atoms with E-state index in [1.165, 1.54) is 36.8 Å². The Hall–Kier alpha value is -2.32. The van der Waals surface area contributed by atoms with Crippen molar-refractivity contribution < 1.29 is 13.2 Å². The van der Waals surface area contributed by atoms with Crippen molar-refractivity contribution in [2.24, 2.45) is 5.14 Å². The third-order valence-corrected chi connectivity index (χ3v) is 3.61. The SMILES string of the molecule is Cc1cc(NC(=O)c2cnccn2)ccc1S(N)(=O)=O. The Bertz CT molecular complexity index is 745. The van der Waals surface area contributed by atoms with Gasteiger partial charge >= 0.3 is 0 Å². The van der Waals surface area contributed by atoms with E-state index in [0.29, 0.717) is 11.3 Å². The van der Waals surface area contributed by atoms with Gasteiger partial charge in [0, 0.05) is 18.1 Å². The molecule has 1 heterocycles. The van der Waals surface area contributed by atoms with E-state index >= 15 is 0 Å². The largest absolute Gasteiger partial charge is 0.321 e. The summed E-state index contributed by atoms with van der Waals surface area (Å²) in [5, 5.41) is 7.67. The van der Waals surface area contributed by atoms with Crippen LogP contribution in [-0.2, 0) is 10.0 Å². The smallest absolute Gasteiger partial charge is 0.275 e. The molecule has 2 aromatic rings. The number of hydrogen-bond donors (Lipinski definition) is 2. The van der Waals surface area contributed by atoms with Gasteiger partial charge in [0.2, 0.25) is 10.0 Å². The van der Waals surface area contributed by atoms with Gasteiger partial charge in [0.15, 0.2) is 0 Å². The molecule has 8 heteroatoms. The van der Waals surface area contributed by atoms with Crippen LogP contribution in [0.5, 0.6) is 0 Å². The maximum absolute atomic E-state index is 11.9. The zero-order valence-electron chi connectivity index (χ0n) is 10.6. The first-order valence-corrected chi connectivity index (χ1v) is 7.13. The minimum absolute atomic E-state index is 0.0231. The molecule has 0 atom stereocenters. The molecule has 0 aliphatic rings. The predicted molar refractivity (Wildman–Crippen MR) is 72.5 cm³/mol. The van der Waals surface area contributed by atoms with Crippen LogP contribution in [0, 0.1) is 6.92 Å². The average molecular weight is 292 g/mol. The second-order valence-corrected chi connectivity index (χ2v) is 5.60. The number of hydrogen-bond acceptors (Lipinski definition) is 5. The third-order valence-electron chi connectivity index (χ3n) is 2.54. The van der Waals surface area contributed by atoms with Crippen LogP contribution < -0.4 is 10.5 Å². The number of aromatic nitrogens is 2. The average Bonchev–Trinajstić information content (AvgIpc) is 2.38. The highest BCUT2D eigenvalue weighted by atomic mass is 32.2. The summed E-state index contributed by atoms with van der Waals surface area (Å²) in [6, 6.07) is 4.33. The summed E-state index contributed by atoms with van der Waals surface area (Å²) >= 11 is 0. The van der Waals surface area contributed by atoms with Gasteiger partial charge in [-0.25, -0.2) is 18.5 Å². The number of carbonyl (C=O) groups excluding carboxylic acids is 1. The van der Waals surface area contributed by atoms with Crippen molar-refractivity contribution >= 4 is 21.6 Å². The molecular weight excluding hydrogens is 280 g/mol. The lowest BCUT2D eigenvalue weighted by molar-refractivity contribution is 0.102. The van der Waals surface area contributed by atoms with E-state index in [-0.39, 0.29) is 10.6 Å². The second kappa shape index (κ2) is 5.35. The number of rotatable bonds is 3. The van der Waals surface area contributed by atoms with E-state index in [4.69, 9.17) is 5.14 Å². The van der Waals surface area contributed by atoms with Crippen molar-refractivity contribution in [3.05, 3.63) is 48.0 Å². The van der Waals surface area contributed by atoms with Crippen LogP contribution in [0.15, 0.2) is 41.7 Å². The summed E-state index contributed by atoms with van der Waals surface area (Å²) in [4.78, 5) is 19.5. The number of amides is 1. The molecule has 0 unspecified atom stereocenters. The monoisotopic (exact) mass is 292 g/mol. The molecule has 0 aliphatic carbocycles. The molecule has 1 aromatic carbocycles. The van der Waals surface area contributed by atoms with Crippen molar-refractivity contribution in [1.82, 2.24) is 9.97 Å². The number of nitrogens with one attached hydrogen (secondary N) is 1. The fourth-order valence-electron chi connectivity index (χ4n) is 1.66. The number of aryl methyl sites for hydroxylation is 1. The number of nitrogens with zero attached hydrogens (tertiary/aromatic N) is 2. The van der Waals surface area contributed by atoms with Gasteiger partial charge in [-0.1, -0.05) is 0 Å². The summed E-state index contributed by atoms with van der Waals surface area (Å²) < 4.78 is 22.6. The number of carbonyl (C=O) groups is 1. The van der Waals surface area contributed by atoms with Gasteiger partial charge in [-0.2, -0.15) is 0 Å². The Labute approximate surface area is 115 Å². The lowest BCUT2D eigenvalue weighted by atomic mass is 10.2. The van der Waals surface area contributed by atoms with E-state index in [1.54, 1.807) is 6.92 Å². The fourth-order valence-corrected chi connectivity index (χ4v) is 2.42. The zero-order valence-corrected chi connectivity index (χ0v) is 11.4. The fraction of sp³-hybridized carbons (Fsp3) is 0.0833. The van der Waals surface area contributed by atoms with Crippen LogP contribution in [0.3, 0.4) is 0 Å². The van der Waals surface area contributed by atoms with E-state index < -0.39 is 15.9 Å². The predicted octanol–water partition coefficient (Wildman–Crippen LogP) is 0.685.